The average molecular weight is 370 g/mol. The Labute approximate surface area is 159 Å². The van der Waals surface area contributed by atoms with E-state index in [9.17, 15) is 4.79 Å². The number of amides is 1. The Balaban J connectivity index is 1.42. The second-order valence-electron chi connectivity index (χ2n) is 7.99. The average Bonchev–Trinajstić information content (AvgIpc) is 3.38. The third kappa shape index (κ3) is 3.51. The van der Waals surface area contributed by atoms with Crippen LogP contribution in [-0.2, 0) is 17.3 Å². The Morgan fingerprint density at radius 2 is 2.15 bits per heavy atom. The SMILES string of the molecule is Cn1cc([C@H]2CNC[C@@H]2C(=O)NCC(C)(C)c2ccc3c(c2)OCO3)cn1. The summed E-state index contributed by atoms with van der Waals surface area (Å²) in [4.78, 5) is 12.9. The summed E-state index contributed by atoms with van der Waals surface area (Å²) in [6.45, 7) is 6.56. The van der Waals surface area contributed by atoms with E-state index in [0.717, 1.165) is 29.2 Å². The van der Waals surface area contributed by atoms with Crippen molar-refractivity contribution in [2.45, 2.75) is 25.2 Å². The molecule has 2 N–H and O–H groups in total. The second-order valence-corrected chi connectivity index (χ2v) is 7.99. The largest absolute Gasteiger partial charge is 0.454 e. The number of rotatable bonds is 5. The Hall–Kier alpha value is -2.54. The molecule has 0 bridgehead atoms. The van der Waals surface area contributed by atoms with Gasteiger partial charge in [-0.1, -0.05) is 19.9 Å². The molecule has 1 aromatic carbocycles. The number of carbonyl (C=O) groups is 1. The van der Waals surface area contributed by atoms with Crippen molar-refractivity contribution >= 4 is 5.91 Å². The van der Waals surface area contributed by atoms with Crippen molar-refractivity contribution in [3.05, 3.63) is 41.7 Å². The summed E-state index contributed by atoms with van der Waals surface area (Å²) in [7, 11) is 1.90. The maximum absolute atomic E-state index is 12.9. The van der Waals surface area contributed by atoms with Gasteiger partial charge in [0.2, 0.25) is 12.7 Å². The molecule has 4 rings (SSSR count). The lowest BCUT2D eigenvalue weighted by molar-refractivity contribution is -0.125. The minimum absolute atomic E-state index is 0.0817. The molecular weight excluding hydrogens is 344 g/mol. The third-order valence-corrected chi connectivity index (χ3v) is 5.56. The Morgan fingerprint density at radius 3 is 2.93 bits per heavy atom. The molecule has 1 saturated heterocycles. The molecule has 1 fully saturated rings. The van der Waals surface area contributed by atoms with Gasteiger partial charge in [-0.15, -0.1) is 0 Å². The molecule has 0 aliphatic carbocycles. The molecule has 2 aliphatic rings. The third-order valence-electron chi connectivity index (χ3n) is 5.56. The number of hydrogen-bond donors (Lipinski definition) is 2. The number of nitrogens with one attached hydrogen (secondary N) is 2. The summed E-state index contributed by atoms with van der Waals surface area (Å²) >= 11 is 0. The number of ether oxygens (including phenoxy) is 2. The van der Waals surface area contributed by atoms with Gasteiger partial charge in [0.25, 0.3) is 0 Å². The number of aryl methyl sites for hydroxylation is 1. The number of aromatic nitrogens is 2. The molecule has 27 heavy (non-hydrogen) atoms. The van der Waals surface area contributed by atoms with Gasteiger partial charge in [-0.2, -0.15) is 5.10 Å². The maximum atomic E-state index is 12.9. The van der Waals surface area contributed by atoms with E-state index in [4.69, 9.17) is 9.47 Å². The number of nitrogens with zero attached hydrogens (tertiary/aromatic N) is 2. The second kappa shape index (κ2) is 6.88. The van der Waals surface area contributed by atoms with Crippen LogP contribution in [0.3, 0.4) is 0 Å². The Kier molecular flexibility index (Phi) is 4.55. The molecule has 3 heterocycles. The van der Waals surface area contributed by atoms with Crippen molar-refractivity contribution in [2.75, 3.05) is 26.4 Å². The summed E-state index contributed by atoms with van der Waals surface area (Å²) < 4.78 is 12.6. The van der Waals surface area contributed by atoms with E-state index in [0.29, 0.717) is 13.1 Å². The van der Waals surface area contributed by atoms with Gasteiger partial charge in [0.15, 0.2) is 11.5 Å². The van der Waals surface area contributed by atoms with Gasteiger partial charge in [0.05, 0.1) is 12.1 Å². The van der Waals surface area contributed by atoms with Crippen LogP contribution in [0.2, 0.25) is 0 Å². The van der Waals surface area contributed by atoms with Crippen molar-refractivity contribution in [1.82, 2.24) is 20.4 Å². The van der Waals surface area contributed by atoms with Crippen LogP contribution in [0.5, 0.6) is 11.5 Å². The molecule has 1 aromatic heterocycles. The molecule has 7 heteroatoms. The Morgan fingerprint density at radius 1 is 1.33 bits per heavy atom. The van der Waals surface area contributed by atoms with Crippen LogP contribution in [0.15, 0.2) is 30.6 Å². The lowest BCUT2D eigenvalue weighted by Gasteiger charge is -2.27. The van der Waals surface area contributed by atoms with Crippen LogP contribution in [0, 0.1) is 5.92 Å². The first-order valence-electron chi connectivity index (χ1n) is 9.31. The highest BCUT2D eigenvalue weighted by molar-refractivity contribution is 5.80. The van der Waals surface area contributed by atoms with E-state index in [2.05, 4.69) is 29.6 Å². The predicted molar refractivity (Wildman–Crippen MR) is 101 cm³/mol. The van der Waals surface area contributed by atoms with Gasteiger partial charge in [-0.05, 0) is 23.3 Å². The van der Waals surface area contributed by atoms with Crippen molar-refractivity contribution < 1.29 is 14.3 Å². The molecular formula is C20H26N4O3. The quantitative estimate of drug-likeness (QED) is 0.835. The first-order valence-corrected chi connectivity index (χ1v) is 9.31. The van der Waals surface area contributed by atoms with Crippen molar-refractivity contribution in [2.24, 2.45) is 13.0 Å². The molecule has 0 radical (unpaired) electrons. The van der Waals surface area contributed by atoms with Gasteiger partial charge in [0.1, 0.15) is 0 Å². The first kappa shape index (κ1) is 17.9. The highest BCUT2D eigenvalue weighted by Crippen LogP contribution is 2.36. The fourth-order valence-electron chi connectivity index (χ4n) is 3.79. The van der Waals surface area contributed by atoms with E-state index in [-0.39, 0.29) is 30.0 Å². The zero-order valence-corrected chi connectivity index (χ0v) is 16.0. The first-order chi connectivity index (χ1) is 12.9. The van der Waals surface area contributed by atoms with Crippen molar-refractivity contribution in [3.8, 4) is 11.5 Å². The number of carbonyl (C=O) groups excluding carboxylic acids is 1. The molecule has 2 aromatic rings. The monoisotopic (exact) mass is 370 g/mol. The standard InChI is InChI=1S/C20H26N4O3/c1-20(2,14-4-5-17-18(6-14)27-12-26-17)11-22-19(25)16-9-21-8-15(16)13-7-23-24(3)10-13/h4-7,10,15-16,21H,8-9,11-12H2,1-3H3,(H,22,25)/t15-,16+/m1/s1. The van der Waals surface area contributed by atoms with Crippen LogP contribution in [-0.4, -0.2) is 42.1 Å². The summed E-state index contributed by atoms with van der Waals surface area (Å²) in [5, 5.41) is 10.7. The van der Waals surface area contributed by atoms with Gasteiger partial charge in [0, 0.05) is 44.2 Å². The van der Waals surface area contributed by atoms with E-state index in [1.165, 1.54) is 0 Å². The molecule has 0 spiro atoms. The maximum Gasteiger partial charge on any atom is 0.231 e. The van der Waals surface area contributed by atoms with Gasteiger partial charge >= 0.3 is 0 Å². The molecule has 7 nitrogen and oxygen atoms in total. The van der Waals surface area contributed by atoms with Crippen LogP contribution >= 0.6 is 0 Å². The van der Waals surface area contributed by atoms with Crippen LogP contribution in [0.4, 0.5) is 0 Å². The van der Waals surface area contributed by atoms with Gasteiger partial charge in [-0.3, -0.25) is 9.48 Å². The van der Waals surface area contributed by atoms with Crippen LogP contribution < -0.4 is 20.1 Å². The smallest absolute Gasteiger partial charge is 0.231 e. The van der Waals surface area contributed by atoms with E-state index < -0.39 is 0 Å². The van der Waals surface area contributed by atoms with Gasteiger partial charge in [-0.25, -0.2) is 0 Å². The minimum atomic E-state index is -0.216. The summed E-state index contributed by atoms with van der Waals surface area (Å²) in [6.07, 6.45) is 3.85. The van der Waals surface area contributed by atoms with Gasteiger partial charge < -0.3 is 20.1 Å². The lowest BCUT2D eigenvalue weighted by atomic mass is 9.83. The normalized spacial score (nSPS) is 21.4. The highest BCUT2D eigenvalue weighted by atomic mass is 16.7. The summed E-state index contributed by atoms with van der Waals surface area (Å²) in [6, 6.07) is 5.97. The molecule has 2 atom stereocenters. The molecule has 2 aliphatic heterocycles. The molecule has 144 valence electrons. The zero-order chi connectivity index (χ0) is 19.0. The fraction of sp³-hybridized carbons (Fsp3) is 0.500. The molecule has 1 amide bonds. The number of fused-ring (bicyclic) bond motifs is 1. The van der Waals surface area contributed by atoms with Crippen LogP contribution in [0.1, 0.15) is 30.9 Å². The topological polar surface area (TPSA) is 77.4 Å². The van der Waals surface area contributed by atoms with Crippen molar-refractivity contribution in [3.63, 3.8) is 0 Å². The summed E-state index contributed by atoms with van der Waals surface area (Å²) in [5.74, 6) is 1.70. The van der Waals surface area contributed by atoms with E-state index in [1.54, 1.807) is 4.68 Å². The van der Waals surface area contributed by atoms with Crippen LogP contribution in [0.25, 0.3) is 0 Å². The predicted octanol–water partition coefficient (Wildman–Crippen LogP) is 1.55. The Bertz CT molecular complexity index is 846. The summed E-state index contributed by atoms with van der Waals surface area (Å²) in [5.41, 5.74) is 2.00. The zero-order valence-electron chi connectivity index (χ0n) is 16.0. The highest BCUT2D eigenvalue weighted by Gasteiger charge is 2.35. The number of benzene rings is 1. The lowest BCUT2D eigenvalue weighted by Crippen LogP contribution is -2.41. The molecule has 0 saturated carbocycles. The van der Waals surface area contributed by atoms with E-state index in [1.807, 2.05) is 37.6 Å². The van der Waals surface area contributed by atoms with Crippen molar-refractivity contribution in [1.29, 1.82) is 0 Å². The minimum Gasteiger partial charge on any atom is -0.454 e. The fourth-order valence-corrected chi connectivity index (χ4v) is 3.79. The number of hydrogen-bond acceptors (Lipinski definition) is 5. The van der Waals surface area contributed by atoms with E-state index >= 15 is 0 Å². The molecule has 0 unspecified atom stereocenters.